The fourth-order valence-electron chi connectivity index (χ4n) is 2.01. The second-order valence-electron chi connectivity index (χ2n) is 4.81. The van der Waals surface area contributed by atoms with E-state index in [4.69, 9.17) is 5.73 Å². The number of primary amides is 1. The van der Waals surface area contributed by atoms with E-state index >= 15 is 0 Å². The van der Waals surface area contributed by atoms with Crippen molar-refractivity contribution >= 4 is 23.3 Å². The third-order valence-corrected chi connectivity index (χ3v) is 3.00. The van der Waals surface area contributed by atoms with E-state index in [2.05, 4.69) is 10.3 Å². The Hall–Kier alpha value is -2.57. The van der Waals surface area contributed by atoms with Gasteiger partial charge in [0, 0.05) is 6.20 Å². The number of fused-ring (bicyclic) bond motifs is 1. The lowest BCUT2D eigenvalue weighted by Crippen LogP contribution is -2.40. The van der Waals surface area contributed by atoms with Gasteiger partial charge in [0.1, 0.15) is 11.7 Å². The fourth-order valence-corrected chi connectivity index (χ4v) is 2.01. The van der Waals surface area contributed by atoms with Crippen LogP contribution >= 0.6 is 0 Å². The van der Waals surface area contributed by atoms with Crippen LogP contribution in [0.5, 0.6) is 0 Å². The third-order valence-electron chi connectivity index (χ3n) is 3.00. The van der Waals surface area contributed by atoms with Crippen LogP contribution in [0.3, 0.4) is 0 Å². The maximum atomic E-state index is 11.4. The first kappa shape index (κ1) is 13.9. The van der Waals surface area contributed by atoms with Crippen molar-refractivity contribution in [3.8, 4) is 0 Å². The first-order chi connectivity index (χ1) is 9.41. The van der Waals surface area contributed by atoms with E-state index in [-0.39, 0.29) is 17.4 Å². The van der Waals surface area contributed by atoms with Crippen molar-refractivity contribution in [1.29, 1.82) is 0 Å². The van der Waals surface area contributed by atoms with E-state index in [0.717, 1.165) is 0 Å². The summed E-state index contributed by atoms with van der Waals surface area (Å²) < 4.78 is 1.45. The summed E-state index contributed by atoms with van der Waals surface area (Å²) >= 11 is 0. The molecule has 0 aliphatic carbocycles. The molecule has 0 aliphatic rings. The number of aromatic carboxylic acids is 1. The molecular weight excluding hydrogens is 260 g/mol. The number of amides is 1. The van der Waals surface area contributed by atoms with Crippen molar-refractivity contribution < 1.29 is 14.7 Å². The summed E-state index contributed by atoms with van der Waals surface area (Å²) in [5.74, 6) is -1.62. The monoisotopic (exact) mass is 276 g/mol. The standard InChI is InChI=1S/C13H16N4O3/c1-7(2)9(11(14)18)16-12-10(13(19)20)17-6-4-3-5-8(17)15-12/h3-7,9,16H,1-2H3,(H2,14,18)(H,19,20). The quantitative estimate of drug-likeness (QED) is 0.753. The number of nitrogens with one attached hydrogen (secondary N) is 1. The van der Waals surface area contributed by atoms with Crippen LogP contribution in [0.15, 0.2) is 24.4 Å². The summed E-state index contributed by atoms with van der Waals surface area (Å²) in [4.78, 5) is 27.0. The number of pyridine rings is 1. The lowest BCUT2D eigenvalue weighted by atomic mass is 10.0. The molecule has 1 amide bonds. The largest absolute Gasteiger partial charge is 0.476 e. The minimum absolute atomic E-state index is 0.0208. The molecule has 0 saturated heterocycles. The van der Waals surface area contributed by atoms with Crippen molar-refractivity contribution in [1.82, 2.24) is 9.38 Å². The van der Waals surface area contributed by atoms with E-state index in [1.165, 1.54) is 4.40 Å². The second-order valence-corrected chi connectivity index (χ2v) is 4.81. The molecule has 7 heteroatoms. The zero-order valence-electron chi connectivity index (χ0n) is 11.2. The highest BCUT2D eigenvalue weighted by Crippen LogP contribution is 2.20. The van der Waals surface area contributed by atoms with E-state index in [0.29, 0.717) is 5.65 Å². The number of nitrogens with zero attached hydrogens (tertiary/aromatic N) is 2. The SMILES string of the molecule is CC(C)C(Nc1nc2ccccn2c1C(=O)O)C(N)=O. The van der Waals surface area contributed by atoms with Crippen LogP contribution in [0, 0.1) is 5.92 Å². The Morgan fingerprint density at radius 1 is 1.40 bits per heavy atom. The second kappa shape index (κ2) is 5.20. The lowest BCUT2D eigenvalue weighted by Gasteiger charge is -2.18. The highest BCUT2D eigenvalue weighted by molar-refractivity contribution is 5.94. The smallest absolute Gasteiger partial charge is 0.356 e. The Balaban J connectivity index is 2.51. The number of hydrogen-bond acceptors (Lipinski definition) is 4. The van der Waals surface area contributed by atoms with Gasteiger partial charge in [-0.25, -0.2) is 9.78 Å². The van der Waals surface area contributed by atoms with Crippen molar-refractivity contribution in [3.05, 3.63) is 30.1 Å². The molecule has 20 heavy (non-hydrogen) atoms. The van der Waals surface area contributed by atoms with E-state index in [9.17, 15) is 14.7 Å². The fraction of sp³-hybridized carbons (Fsp3) is 0.308. The van der Waals surface area contributed by atoms with E-state index < -0.39 is 17.9 Å². The summed E-state index contributed by atoms with van der Waals surface area (Å²) in [7, 11) is 0. The molecule has 0 saturated carbocycles. The zero-order valence-corrected chi connectivity index (χ0v) is 11.2. The number of carbonyl (C=O) groups excluding carboxylic acids is 1. The highest BCUT2D eigenvalue weighted by Gasteiger charge is 2.25. The van der Waals surface area contributed by atoms with Crippen LogP contribution < -0.4 is 11.1 Å². The Morgan fingerprint density at radius 2 is 2.10 bits per heavy atom. The van der Waals surface area contributed by atoms with Gasteiger partial charge in [-0.05, 0) is 18.1 Å². The first-order valence-electron chi connectivity index (χ1n) is 6.18. The lowest BCUT2D eigenvalue weighted by molar-refractivity contribution is -0.119. The van der Waals surface area contributed by atoms with Crippen molar-refractivity contribution in [3.63, 3.8) is 0 Å². The highest BCUT2D eigenvalue weighted by atomic mass is 16.4. The molecule has 0 radical (unpaired) electrons. The Bertz CT molecular complexity index is 663. The minimum atomic E-state index is -1.13. The van der Waals surface area contributed by atoms with Gasteiger partial charge in [-0.2, -0.15) is 0 Å². The summed E-state index contributed by atoms with van der Waals surface area (Å²) in [6.45, 7) is 3.64. The van der Waals surface area contributed by atoms with Crippen molar-refractivity contribution in [2.45, 2.75) is 19.9 Å². The summed E-state index contributed by atoms with van der Waals surface area (Å²) in [5.41, 5.74) is 5.79. The molecule has 0 aromatic carbocycles. The number of anilines is 1. The normalized spacial score (nSPS) is 12.6. The van der Waals surface area contributed by atoms with Gasteiger partial charge in [0.25, 0.3) is 0 Å². The number of carboxylic acids is 1. The molecule has 2 aromatic heterocycles. The number of hydrogen-bond donors (Lipinski definition) is 3. The molecular formula is C13H16N4O3. The van der Waals surface area contributed by atoms with Gasteiger partial charge in [-0.3, -0.25) is 9.20 Å². The van der Waals surface area contributed by atoms with Crippen LogP contribution in [0.25, 0.3) is 5.65 Å². The molecule has 2 rings (SSSR count). The Morgan fingerprint density at radius 3 is 2.65 bits per heavy atom. The van der Waals surface area contributed by atoms with Gasteiger partial charge in [0.15, 0.2) is 11.5 Å². The summed E-state index contributed by atoms with van der Waals surface area (Å²) in [5, 5.41) is 12.2. The average molecular weight is 276 g/mol. The molecule has 1 atom stereocenters. The Labute approximate surface area is 115 Å². The zero-order chi connectivity index (χ0) is 14.9. The molecule has 106 valence electrons. The van der Waals surface area contributed by atoms with Gasteiger partial charge in [-0.1, -0.05) is 19.9 Å². The Kier molecular flexibility index (Phi) is 3.60. The third kappa shape index (κ3) is 2.42. The van der Waals surface area contributed by atoms with Crippen LogP contribution in [0.4, 0.5) is 5.82 Å². The molecule has 0 bridgehead atoms. The predicted octanol–water partition coefficient (Wildman–Crippen LogP) is 0.954. The van der Waals surface area contributed by atoms with Gasteiger partial charge in [0.2, 0.25) is 5.91 Å². The van der Waals surface area contributed by atoms with Crippen LogP contribution in [0.1, 0.15) is 24.3 Å². The van der Waals surface area contributed by atoms with Gasteiger partial charge in [-0.15, -0.1) is 0 Å². The van der Waals surface area contributed by atoms with Crippen molar-refractivity contribution in [2.24, 2.45) is 11.7 Å². The summed E-state index contributed by atoms with van der Waals surface area (Å²) in [6, 6.07) is 4.47. The maximum absolute atomic E-state index is 11.4. The van der Waals surface area contributed by atoms with Crippen LogP contribution in [0.2, 0.25) is 0 Å². The van der Waals surface area contributed by atoms with Gasteiger partial charge >= 0.3 is 5.97 Å². The number of carboxylic acid groups (broad SMARTS) is 1. The average Bonchev–Trinajstić information content (AvgIpc) is 2.73. The van der Waals surface area contributed by atoms with E-state index in [1.807, 2.05) is 13.8 Å². The van der Waals surface area contributed by atoms with Crippen molar-refractivity contribution in [2.75, 3.05) is 5.32 Å². The number of rotatable bonds is 5. The van der Waals surface area contributed by atoms with Gasteiger partial charge < -0.3 is 16.2 Å². The molecule has 0 aliphatic heterocycles. The van der Waals surface area contributed by atoms with Crippen LogP contribution in [-0.2, 0) is 4.79 Å². The van der Waals surface area contributed by atoms with Crippen LogP contribution in [-0.4, -0.2) is 32.4 Å². The number of nitrogens with two attached hydrogens (primary N) is 1. The molecule has 2 heterocycles. The minimum Gasteiger partial charge on any atom is -0.476 e. The number of aromatic nitrogens is 2. The molecule has 4 N–H and O–H groups in total. The van der Waals surface area contributed by atoms with Gasteiger partial charge in [0.05, 0.1) is 0 Å². The maximum Gasteiger partial charge on any atom is 0.356 e. The molecule has 1 unspecified atom stereocenters. The first-order valence-corrected chi connectivity index (χ1v) is 6.18. The molecule has 7 nitrogen and oxygen atoms in total. The number of imidazole rings is 1. The predicted molar refractivity (Wildman–Crippen MR) is 73.6 cm³/mol. The summed E-state index contributed by atoms with van der Waals surface area (Å²) in [6.07, 6.45) is 1.60. The van der Waals surface area contributed by atoms with E-state index in [1.54, 1.807) is 24.4 Å². The topological polar surface area (TPSA) is 110 Å². The molecule has 0 fully saturated rings. The number of carbonyl (C=O) groups is 2. The molecule has 0 spiro atoms. The molecule has 2 aromatic rings.